The van der Waals surface area contributed by atoms with Gasteiger partial charge in [0.2, 0.25) is 11.9 Å². The number of fused-ring (bicyclic) bond motifs is 1. The second kappa shape index (κ2) is 9.43. The molecule has 1 amide bonds. The van der Waals surface area contributed by atoms with E-state index in [1.807, 2.05) is 35.6 Å². The van der Waals surface area contributed by atoms with E-state index in [0.29, 0.717) is 42.2 Å². The third-order valence-corrected chi connectivity index (χ3v) is 5.64. The molecule has 1 atom stereocenters. The van der Waals surface area contributed by atoms with Crippen LogP contribution in [0, 0.1) is 5.92 Å². The van der Waals surface area contributed by atoms with Gasteiger partial charge in [0, 0.05) is 25.8 Å². The molecule has 2 aromatic heterocycles. The summed E-state index contributed by atoms with van der Waals surface area (Å²) in [7, 11) is 1.61. The second-order valence-electron chi connectivity index (χ2n) is 7.50. The Bertz CT molecular complexity index is 1070. The fraction of sp³-hybridized carbons (Fsp3) is 0.409. The molecule has 1 aliphatic rings. The molecular weight excluding hydrogens is 418 g/mol. The highest BCUT2D eigenvalue weighted by atomic mass is 35.5. The van der Waals surface area contributed by atoms with Gasteiger partial charge in [-0.2, -0.15) is 0 Å². The van der Waals surface area contributed by atoms with Crippen LogP contribution in [0.1, 0.15) is 25.3 Å². The first kappa shape index (κ1) is 21.2. The summed E-state index contributed by atoms with van der Waals surface area (Å²) in [5, 5.41) is 12.2. The standard InChI is InChI=1S/C22H26ClN5O3/c1-3-31-19-11-15(6-8-18(19)30-2)12-24-21(29)16-5-4-10-27(13-16)22-26-25-20-9-7-17(23)14-28(20)22/h6-9,11,14,16H,3-5,10,12-13H2,1-2H3,(H,24,29)/t16-/m1/s1. The van der Waals surface area contributed by atoms with Gasteiger partial charge in [0.25, 0.3) is 0 Å². The minimum atomic E-state index is -0.120. The maximum atomic E-state index is 12.9. The van der Waals surface area contributed by atoms with Crippen LogP contribution in [-0.4, -0.2) is 47.3 Å². The predicted molar refractivity (Wildman–Crippen MR) is 119 cm³/mol. The van der Waals surface area contributed by atoms with E-state index in [0.717, 1.165) is 30.6 Å². The molecule has 9 heteroatoms. The maximum Gasteiger partial charge on any atom is 0.231 e. The van der Waals surface area contributed by atoms with Gasteiger partial charge in [-0.1, -0.05) is 17.7 Å². The van der Waals surface area contributed by atoms with Gasteiger partial charge in [0.1, 0.15) is 0 Å². The second-order valence-corrected chi connectivity index (χ2v) is 7.93. The van der Waals surface area contributed by atoms with E-state index >= 15 is 0 Å². The van der Waals surface area contributed by atoms with Crippen molar-refractivity contribution in [1.29, 1.82) is 0 Å². The number of amides is 1. The van der Waals surface area contributed by atoms with Gasteiger partial charge in [-0.3, -0.25) is 9.20 Å². The molecule has 3 aromatic rings. The van der Waals surface area contributed by atoms with Crippen molar-refractivity contribution in [2.45, 2.75) is 26.3 Å². The molecule has 1 aromatic carbocycles. The summed E-state index contributed by atoms with van der Waals surface area (Å²) in [6.45, 7) is 4.32. The summed E-state index contributed by atoms with van der Waals surface area (Å²) in [4.78, 5) is 15.0. The van der Waals surface area contributed by atoms with Crippen LogP contribution in [-0.2, 0) is 11.3 Å². The Morgan fingerprint density at radius 2 is 2.13 bits per heavy atom. The fourth-order valence-electron chi connectivity index (χ4n) is 3.87. The molecular formula is C22H26ClN5O3. The molecule has 3 heterocycles. The van der Waals surface area contributed by atoms with Crippen LogP contribution in [0.3, 0.4) is 0 Å². The molecule has 1 N–H and O–H groups in total. The van der Waals surface area contributed by atoms with Gasteiger partial charge in [0.15, 0.2) is 17.1 Å². The predicted octanol–water partition coefficient (Wildman–Crippen LogP) is 3.32. The van der Waals surface area contributed by atoms with Crippen molar-refractivity contribution in [2.75, 3.05) is 31.7 Å². The SMILES string of the molecule is CCOc1cc(CNC(=O)[C@@H]2CCCN(c3nnc4ccc(Cl)cn34)C2)ccc1OC. The van der Waals surface area contributed by atoms with Crippen LogP contribution in [0.25, 0.3) is 5.65 Å². The molecule has 0 unspecified atom stereocenters. The molecule has 8 nitrogen and oxygen atoms in total. The molecule has 0 saturated carbocycles. The van der Waals surface area contributed by atoms with E-state index in [2.05, 4.69) is 20.4 Å². The van der Waals surface area contributed by atoms with E-state index < -0.39 is 0 Å². The molecule has 0 radical (unpaired) electrons. The third kappa shape index (κ3) is 4.69. The zero-order chi connectivity index (χ0) is 21.8. The summed E-state index contributed by atoms with van der Waals surface area (Å²) in [5.41, 5.74) is 1.69. The fourth-order valence-corrected chi connectivity index (χ4v) is 4.03. The Balaban J connectivity index is 1.41. The lowest BCUT2D eigenvalue weighted by Crippen LogP contribution is -2.43. The number of halogens is 1. The van der Waals surface area contributed by atoms with Gasteiger partial charge in [-0.15, -0.1) is 10.2 Å². The zero-order valence-corrected chi connectivity index (χ0v) is 18.4. The summed E-state index contributed by atoms with van der Waals surface area (Å²) >= 11 is 6.14. The van der Waals surface area contributed by atoms with E-state index in [1.54, 1.807) is 19.4 Å². The first-order valence-corrected chi connectivity index (χ1v) is 10.8. The summed E-state index contributed by atoms with van der Waals surface area (Å²) in [5.74, 6) is 1.99. The maximum absolute atomic E-state index is 12.9. The topological polar surface area (TPSA) is 81.0 Å². The van der Waals surface area contributed by atoms with Crippen LogP contribution >= 0.6 is 11.6 Å². The molecule has 0 spiro atoms. The van der Waals surface area contributed by atoms with Crippen LogP contribution in [0.2, 0.25) is 5.02 Å². The largest absolute Gasteiger partial charge is 0.493 e. The average molecular weight is 444 g/mol. The molecule has 164 valence electrons. The first-order chi connectivity index (χ1) is 15.1. The van der Waals surface area contributed by atoms with Crippen LogP contribution < -0.4 is 19.7 Å². The summed E-state index contributed by atoms with van der Waals surface area (Å²) in [6.07, 6.45) is 3.55. The van der Waals surface area contributed by atoms with Crippen LogP contribution in [0.4, 0.5) is 5.95 Å². The highest BCUT2D eigenvalue weighted by Gasteiger charge is 2.28. The molecule has 1 saturated heterocycles. The number of methoxy groups -OCH3 is 1. The van der Waals surface area contributed by atoms with Gasteiger partial charge < -0.3 is 19.7 Å². The number of nitrogens with zero attached hydrogens (tertiary/aromatic N) is 4. The highest BCUT2D eigenvalue weighted by Crippen LogP contribution is 2.28. The molecule has 0 aliphatic carbocycles. The first-order valence-electron chi connectivity index (χ1n) is 10.4. The number of piperidine rings is 1. The van der Waals surface area contributed by atoms with Crippen molar-refractivity contribution in [3.8, 4) is 11.5 Å². The quantitative estimate of drug-likeness (QED) is 0.603. The Hall–Kier alpha value is -3.00. The minimum absolute atomic E-state index is 0.0327. The van der Waals surface area contributed by atoms with Crippen molar-refractivity contribution in [3.63, 3.8) is 0 Å². The molecule has 1 fully saturated rings. The Labute approximate surface area is 186 Å². The lowest BCUT2D eigenvalue weighted by molar-refractivity contribution is -0.125. The van der Waals surface area contributed by atoms with Crippen molar-refractivity contribution >= 4 is 29.1 Å². The van der Waals surface area contributed by atoms with Gasteiger partial charge in [-0.05, 0) is 49.6 Å². The Morgan fingerprint density at radius 3 is 2.94 bits per heavy atom. The lowest BCUT2D eigenvalue weighted by atomic mass is 9.97. The number of aromatic nitrogens is 3. The van der Waals surface area contributed by atoms with Crippen LogP contribution in [0.5, 0.6) is 11.5 Å². The minimum Gasteiger partial charge on any atom is -0.493 e. The normalized spacial score (nSPS) is 16.4. The molecule has 0 bridgehead atoms. The van der Waals surface area contributed by atoms with Crippen molar-refractivity contribution in [2.24, 2.45) is 5.92 Å². The lowest BCUT2D eigenvalue weighted by Gasteiger charge is -2.32. The Morgan fingerprint density at radius 1 is 1.26 bits per heavy atom. The van der Waals surface area contributed by atoms with Crippen molar-refractivity contribution in [3.05, 3.63) is 47.1 Å². The number of rotatable bonds is 7. The zero-order valence-electron chi connectivity index (χ0n) is 17.7. The van der Waals surface area contributed by atoms with Crippen molar-refractivity contribution < 1.29 is 14.3 Å². The van der Waals surface area contributed by atoms with Gasteiger partial charge in [0.05, 0.1) is 24.7 Å². The van der Waals surface area contributed by atoms with Crippen molar-refractivity contribution in [1.82, 2.24) is 19.9 Å². The number of pyridine rings is 1. The number of carbonyl (C=O) groups is 1. The van der Waals surface area contributed by atoms with Gasteiger partial charge >= 0.3 is 0 Å². The van der Waals surface area contributed by atoms with Crippen LogP contribution in [0.15, 0.2) is 36.5 Å². The highest BCUT2D eigenvalue weighted by molar-refractivity contribution is 6.30. The van der Waals surface area contributed by atoms with Gasteiger partial charge in [-0.25, -0.2) is 0 Å². The van der Waals surface area contributed by atoms with E-state index in [1.165, 1.54) is 0 Å². The number of hydrogen-bond donors (Lipinski definition) is 1. The number of nitrogens with one attached hydrogen (secondary N) is 1. The third-order valence-electron chi connectivity index (χ3n) is 5.42. The summed E-state index contributed by atoms with van der Waals surface area (Å²) < 4.78 is 12.8. The van der Waals surface area contributed by atoms with E-state index in [4.69, 9.17) is 21.1 Å². The Kier molecular flexibility index (Phi) is 6.46. The number of benzene rings is 1. The smallest absolute Gasteiger partial charge is 0.231 e. The number of ether oxygens (including phenoxy) is 2. The molecule has 4 rings (SSSR count). The molecule has 31 heavy (non-hydrogen) atoms. The number of carbonyl (C=O) groups excluding carboxylic acids is 1. The number of anilines is 1. The monoisotopic (exact) mass is 443 g/mol. The van der Waals surface area contributed by atoms with E-state index in [-0.39, 0.29) is 11.8 Å². The van der Waals surface area contributed by atoms with E-state index in [9.17, 15) is 4.79 Å². The summed E-state index contributed by atoms with van der Waals surface area (Å²) in [6, 6.07) is 9.31. The average Bonchev–Trinajstić information content (AvgIpc) is 3.21. The molecule has 1 aliphatic heterocycles. The number of hydrogen-bond acceptors (Lipinski definition) is 6.